The highest BCUT2D eigenvalue weighted by molar-refractivity contribution is 6.08. The standard InChI is InChI=1S/C14H24N4O3/c1-9-4-5-17(10(6-9)7-15)11(19)8-18-12(20)14(2,3)16-13(18)21/h9-10H,4-8,15H2,1-3H3,(H,16,21). The summed E-state index contributed by atoms with van der Waals surface area (Å²) in [4.78, 5) is 39.1. The normalized spacial score (nSPS) is 28.8. The molecule has 0 saturated carbocycles. The molecule has 4 amide bonds. The van der Waals surface area contributed by atoms with Gasteiger partial charge in [-0.05, 0) is 32.6 Å². The van der Waals surface area contributed by atoms with Crippen LogP contribution in [0.25, 0.3) is 0 Å². The molecule has 0 aromatic carbocycles. The van der Waals surface area contributed by atoms with Gasteiger partial charge in [0.2, 0.25) is 5.91 Å². The van der Waals surface area contributed by atoms with Crippen LogP contribution in [-0.2, 0) is 9.59 Å². The maximum Gasteiger partial charge on any atom is 0.325 e. The lowest BCUT2D eigenvalue weighted by molar-refractivity contribution is -0.141. The minimum atomic E-state index is -0.943. The van der Waals surface area contributed by atoms with Gasteiger partial charge in [0.25, 0.3) is 5.91 Å². The fourth-order valence-electron chi connectivity index (χ4n) is 2.99. The van der Waals surface area contributed by atoms with Gasteiger partial charge >= 0.3 is 6.03 Å². The molecule has 2 heterocycles. The summed E-state index contributed by atoms with van der Waals surface area (Å²) in [5, 5.41) is 2.58. The molecule has 0 aliphatic carbocycles. The number of amides is 4. The smallest absolute Gasteiger partial charge is 0.325 e. The molecule has 2 saturated heterocycles. The van der Waals surface area contributed by atoms with Crippen molar-refractivity contribution in [3.05, 3.63) is 0 Å². The lowest BCUT2D eigenvalue weighted by Crippen LogP contribution is -2.53. The van der Waals surface area contributed by atoms with E-state index in [1.54, 1.807) is 18.7 Å². The molecule has 118 valence electrons. The molecule has 7 nitrogen and oxygen atoms in total. The molecule has 0 aromatic rings. The van der Waals surface area contributed by atoms with Gasteiger partial charge in [-0.3, -0.25) is 14.5 Å². The van der Waals surface area contributed by atoms with E-state index in [1.807, 2.05) is 0 Å². The molecule has 21 heavy (non-hydrogen) atoms. The highest BCUT2D eigenvalue weighted by Crippen LogP contribution is 2.23. The van der Waals surface area contributed by atoms with Crippen molar-refractivity contribution < 1.29 is 14.4 Å². The Morgan fingerprint density at radius 3 is 2.62 bits per heavy atom. The first kappa shape index (κ1) is 15.8. The van der Waals surface area contributed by atoms with Gasteiger partial charge in [0, 0.05) is 19.1 Å². The van der Waals surface area contributed by atoms with Crippen LogP contribution in [0.15, 0.2) is 0 Å². The van der Waals surface area contributed by atoms with Gasteiger partial charge in [-0.25, -0.2) is 4.79 Å². The highest BCUT2D eigenvalue weighted by atomic mass is 16.2. The van der Waals surface area contributed by atoms with Crippen LogP contribution < -0.4 is 11.1 Å². The van der Waals surface area contributed by atoms with E-state index in [1.165, 1.54) is 0 Å². The number of rotatable bonds is 3. The van der Waals surface area contributed by atoms with Crippen molar-refractivity contribution in [2.75, 3.05) is 19.6 Å². The number of likely N-dealkylation sites (tertiary alicyclic amines) is 1. The summed E-state index contributed by atoms with van der Waals surface area (Å²) >= 11 is 0. The van der Waals surface area contributed by atoms with E-state index < -0.39 is 11.6 Å². The fraction of sp³-hybridized carbons (Fsp3) is 0.786. The summed E-state index contributed by atoms with van der Waals surface area (Å²) in [6.07, 6.45) is 1.79. The average Bonchev–Trinajstić information content (AvgIpc) is 2.60. The number of carbonyl (C=O) groups excluding carboxylic acids is 3. The Bertz CT molecular complexity index is 463. The summed E-state index contributed by atoms with van der Waals surface area (Å²) in [6, 6.07) is -0.511. The van der Waals surface area contributed by atoms with Crippen molar-refractivity contribution in [1.29, 1.82) is 0 Å². The average molecular weight is 296 g/mol. The molecular weight excluding hydrogens is 272 g/mol. The van der Waals surface area contributed by atoms with Crippen LogP contribution in [0, 0.1) is 5.92 Å². The summed E-state index contributed by atoms with van der Waals surface area (Å²) < 4.78 is 0. The summed E-state index contributed by atoms with van der Waals surface area (Å²) in [7, 11) is 0. The number of imide groups is 1. The van der Waals surface area contributed by atoms with Crippen molar-refractivity contribution in [3.8, 4) is 0 Å². The van der Waals surface area contributed by atoms with Gasteiger partial charge in [-0.1, -0.05) is 6.92 Å². The van der Waals surface area contributed by atoms with E-state index in [9.17, 15) is 14.4 Å². The van der Waals surface area contributed by atoms with Gasteiger partial charge in [0.1, 0.15) is 12.1 Å². The summed E-state index contributed by atoms with van der Waals surface area (Å²) in [5.41, 5.74) is 4.80. The zero-order chi connectivity index (χ0) is 15.8. The predicted octanol–water partition coefficient (Wildman–Crippen LogP) is -0.0974. The molecule has 0 radical (unpaired) electrons. The molecule has 2 atom stereocenters. The number of urea groups is 1. The Hall–Kier alpha value is -1.63. The second-order valence-electron chi connectivity index (χ2n) is 6.55. The van der Waals surface area contributed by atoms with Crippen LogP contribution in [0.1, 0.15) is 33.6 Å². The molecule has 2 fully saturated rings. The lowest BCUT2D eigenvalue weighted by Gasteiger charge is -2.38. The van der Waals surface area contributed by atoms with Gasteiger partial charge in [-0.2, -0.15) is 0 Å². The molecule has 7 heteroatoms. The van der Waals surface area contributed by atoms with E-state index in [-0.39, 0.29) is 24.4 Å². The zero-order valence-electron chi connectivity index (χ0n) is 12.9. The Labute approximate surface area is 124 Å². The Morgan fingerprint density at radius 1 is 1.43 bits per heavy atom. The number of hydrogen-bond donors (Lipinski definition) is 2. The van der Waals surface area contributed by atoms with E-state index in [0.717, 1.165) is 17.7 Å². The van der Waals surface area contributed by atoms with Crippen molar-refractivity contribution in [1.82, 2.24) is 15.1 Å². The third-order valence-electron chi connectivity index (χ3n) is 4.31. The molecule has 2 aliphatic heterocycles. The Morgan fingerprint density at radius 2 is 2.10 bits per heavy atom. The third-order valence-corrected chi connectivity index (χ3v) is 4.31. The number of piperidine rings is 1. The predicted molar refractivity (Wildman–Crippen MR) is 77.3 cm³/mol. The number of nitrogens with two attached hydrogens (primary N) is 1. The maximum atomic E-state index is 12.4. The SMILES string of the molecule is CC1CCN(C(=O)CN2C(=O)NC(C)(C)C2=O)C(CN)C1. The number of carbonyl (C=O) groups is 3. The van der Waals surface area contributed by atoms with Crippen LogP contribution in [-0.4, -0.2) is 58.9 Å². The highest BCUT2D eigenvalue weighted by Gasteiger charge is 2.45. The van der Waals surface area contributed by atoms with Crippen LogP contribution in [0.5, 0.6) is 0 Å². The summed E-state index contributed by atoms with van der Waals surface area (Å²) in [6.45, 7) is 6.23. The molecule has 2 unspecified atom stereocenters. The Kier molecular flexibility index (Phi) is 4.22. The first-order valence-electron chi connectivity index (χ1n) is 7.40. The van der Waals surface area contributed by atoms with E-state index in [0.29, 0.717) is 19.0 Å². The molecule has 3 N–H and O–H groups in total. The van der Waals surface area contributed by atoms with Crippen LogP contribution >= 0.6 is 0 Å². The van der Waals surface area contributed by atoms with Crippen molar-refractivity contribution in [3.63, 3.8) is 0 Å². The van der Waals surface area contributed by atoms with Crippen molar-refractivity contribution in [2.45, 2.75) is 45.2 Å². The van der Waals surface area contributed by atoms with Crippen molar-refractivity contribution >= 4 is 17.8 Å². The van der Waals surface area contributed by atoms with Crippen LogP contribution in [0.3, 0.4) is 0 Å². The number of nitrogens with one attached hydrogen (secondary N) is 1. The lowest BCUT2D eigenvalue weighted by atomic mass is 9.92. The number of nitrogens with zero attached hydrogens (tertiary/aromatic N) is 2. The largest absolute Gasteiger partial charge is 0.337 e. The first-order valence-corrected chi connectivity index (χ1v) is 7.40. The van der Waals surface area contributed by atoms with Crippen molar-refractivity contribution in [2.24, 2.45) is 11.7 Å². The van der Waals surface area contributed by atoms with Crippen LogP contribution in [0.2, 0.25) is 0 Å². The van der Waals surface area contributed by atoms with E-state index >= 15 is 0 Å². The minimum Gasteiger partial charge on any atom is -0.337 e. The number of hydrogen-bond acceptors (Lipinski definition) is 4. The van der Waals surface area contributed by atoms with Gasteiger partial charge in [0.15, 0.2) is 0 Å². The molecule has 0 spiro atoms. The van der Waals surface area contributed by atoms with Gasteiger partial charge in [-0.15, -0.1) is 0 Å². The molecule has 2 rings (SSSR count). The maximum absolute atomic E-state index is 12.4. The van der Waals surface area contributed by atoms with E-state index in [2.05, 4.69) is 12.2 Å². The monoisotopic (exact) mass is 296 g/mol. The zero-order valence-corrected chi connectivity index (χ0v) is 12.9. The molecule has 0 aromatic heterocycles. The van der Waals surface area contributed by atoms with Crippen LogP contribution in [0.4, 0.5) is 4.79 Å². The minimum absolute atomic E-state index is 0.00461. The topological polar surface area (TPSA) is 95.7 Å². The fourth-order valence-corrected chi connectivity index (χ4v) is 2.99. The molecule has 2 aliphatic rings. The third kappa shape index (κ3) is 3.02. The van der Waals surface area contributed by atoms with Gasteiger partial charge < -0.3 is 16.0 Å². The van der Waals surface area contributed by atoms with E-state index in [4.69, 9.17) is 5.73 Å². The second-order valence-corrected chi connectivity index (χ2v) is 6.55. The first-order chi connectivity index (χ1) is 9.76. The summed E-state index contributed by atoms with van der Waals surface area (Å²) in [5.74, 6) is -0.0349. The van der Waals surface area contributed by atoms with Gasteiger partial charge in [0.05, 0.1) is 0 Å². The quantitative estimate of drug-likeness (QED) is 0.711. The molecular formula is C14H24N4O3. The molecule has 0 bridgehead atoms. The Balaban J connectivity index is 2.04. The second kappa shape index (κ2) is 5.63.